The first-order valence-electron chi connectivity index (χ1n) is 9.54. The number of amides is 1. The fourth-order valence-electron chi connectivity index (χ4n) is 2.85. The van der Waals surface area contributed by atoms with Crippen LogP contribution in [0.2, 0.25) is 0 Å². The first-order valence-corrected chi connectivity index (χ1v) is 9.54. The van der Waals surface area contributed by atoms with E-state index < -0.39 is 11.7 Å². The zero-order valence-corrected chi connectivity index (χ0v) is 17.3. The highest BCUT2D eigenvalue weighted by molar-refractivity contribution is 5.98. The minimum atomic E-state index is -0.836. The average Bonchev–Trinajstić information content (AvgIpc) is 3.29. The lowest BCUT2D eigenvalue weighted by Crippen LogP contribution is -2.38. The molecule has 11 nitrogen and oxygen atoms in total. The summed E-state index contributed by atoms with van der Waals surface area (Å²) in [5.74, 6) is -1.24. The van der Waals surface area contributed by atoms with Crippen LogP contribution in [0.3, 0.4) is 0 Å². The SMILES string of the molecule is CC[C@H](N)[C@@H](C)Nc1nc(Nc2cnc(OC)c(-n3ccnn3)c2)c(C(N)=O)cc1F. The van der Waals surface area contributed by atoms with Gasteiger partial charge in [0.15, 0.2) is 11.6 Å². The summed E-state index contributed by atoms with van der Waals surface area (Å²) in [6.45, 7) is 3.75. The predicted molar refractivity (Wildman–Crippen MR) is 113 cm³/mol. The normalized spacial score (nSPS) is 12.8. The van der Waals surface area contributed by atoms with E-state index in [-0.39, 0.29) is 29.3 Å². The van der Waals surface area contributed by atoms with Gasteiger partial charge in [-0.05, 0) is 25.5 Å². The Bertz CT molecular complexity index is 1060. The standard InChI is InChI=1S/C19H24FN9O2/c1-4-14(21)10(2)25-18-13(20)8-12(16(22)30)17(27-18)26-11-7-15(19(31-3)23-9-11)29-6-5-24-28-29/h5-10,14H,4,21H2,1-3H3,(H2,22,30)(H2,25,26,27)/t10-,14+/m1/s1. The van der Waals surface area contributed by atoms with Gasteiger partial charge in [0, 0.05) is 12.1 Å². The fraction of sp³-hybridized carbons (Fsp3) is 0.316. The van der Waals surface area contributed by atoms with Crippen LogP contribution in [0.15, 0.2) is 30.7 Å². The topological polar surface area (TPSA) is 159 Å². The van der Waals surface area contributed by atoms with Gasteiger partial charge in [-0.3, -0.25) is 4.79 Å². The van der Waals surface area contributed by atoms with Crippen molar-refractivity contribution in [1.82, 2.24) is 25.0 Å². The first kappa shape index (κ1) is 21.9. The summed E-state index contributed by atoms with van der Waals surface area (Å²) in [5.41, 5.74) is 12.3. The number of anilines is 3. The Morgan fingerprint density at radius 3 is 2.74 bits per heavy atom. The lowest BCUT2D eigenvalue weighted by Gasteiger charge is -2.21. The number of hydrogen-bond acceptors (Lipinski definition) is 9. The lowest BCUT2D eigenvalue weighted by atomic mass is 10.1. The Labute approximate surface area is 178 Å². The molecular weight excluding hydrogens is 405 g/mol. The van der Waals surface area contributed by atoms with Crippen molar-refractivity contribution in [1.29, 1.82) is 0 Å². The van der Waals surface area contributed by atoms with E-state index in [1.54, 1.807) is 12.3 Å². The Hall–Kier alpha value is -3.80. The molecule has 0 aromatic carbocycles. The van der Waals surface area contributed by atoms with E-state index in [4.69, 9.17) is 16.2 Å². The van der Waals surface area contributed by atoms with E-state index in [1.165, 1.54) is 24.2 Å². The molecule has 0 bridgehead atoms. The molecule has 0 aliphatic carbocycles. The maximum absolute atomic E-state index is 14.6. The third-order valence-corrected chi connectivity index (χ3v) is 4.68. The number of ether oxygens (including phenoxy) is 1. The summed E-state index contributed by atoms with van der Waals surface area (Å²) in [5, 5.41) is 13.6. The van der Waals surface area contributed by atoms with Crippen LogP contribution in [-0.4, -0.2) is 50.1 Å². The molecule has 3 aromatic heterocycles. The molecule has 0 unspecified atom stereocenters. The number of carbonyl (C=O) groups excluding carboxylic acids is 1. The van der Waals surface area contributed by atoms with Crippen LogP contribution in [0, 0.1) is 5.82 Å². The Kier molecular flexibility index (Phi) is 6.60. The van der Waals surface area contributed by atoms with Crippen molar-refractivity contribution in [2.45, 2.75) is 32.4 Å². The van der Waals surface area contributed by atoms with E-state index in [0.29, 0.717) is 23.7 Å². The van der Waals surface area contributed by atoms with Crippen molar-refractivity contribution in [3.63, 3.8) is 0 Å². The highest BCUT2D eigenvalue weighted by Crippen LogP contribution is 2.27. The lowest BCUT2D eigenvalue weighted by molar-refractivity contribution is 0.100. The molecule has 3 rings (SSSR count). The molecule has 3 aromatic rings. The molecule has 3 heterocycles. The number of carbonyl (C=O) groups is 1. The number of aromatic nitrogens is 5. The smallest absolute Gasteiger partial charge is 0.252 e. The second-order valence-corrected chi connectivity index (χ2v) is 6.81. The van der Waals surface area contributed by atoms with Gasteiger partial charge >= 0.3 is 0 Å². The predicted octanol–water partition coefficient (Wildman–Crippen LogP) is 1.59. The van der Waals surface area contributed by atoms with Crippen LogP contribution in [0.1, 0.15) is 30.6 Å². The molecular formula is C19H24FN9O2. The summed E-state index contributed by atoms with van der Waals surface area (Å²) in [7, 11) is 1.47. The van der Waals surface area contributed by atoms with Crippen LogP contribution in [0.4, 0.5) is 21.7 Å². The molecule has 0 fully saturated rings. The first-order chi connectivity index (χ1) is 14.8. The van der Waals surface area contributed by atoms with Crippen LogP contribution >= 0.6 is 0 Å². The Balaban J connectivity index is 1.99. The second kappa shape index (κ2) is 9.34. The molecule has 0 radical (unpaired) electrons. The van der Waals surface area contributed by atoms with Crippen molar-refractivity contribution in [2.24, 2.45) is 11.5 Å². The van der Waals surface area contributed by atoms with Gasteiger partial charge < -0.3 is 26.8 Å². The minimum absolute atomic E-state index is 0.0538. The molecule has 12 heteroatoms. The van der Waals surface area contributed by atoms with Crippen molar-refractivity contribution in [3.8, 4) is 11.6 Å². The van der Waals surface area contributed by atoms with Gasteiger partial charge in [-0.2, -0.15) is 0 Å². The van der Waals surface area contributed by atoms with Gasteiger partial charge in [-0.25, -0.2) is 19.0 Å². The summed E-state index contributed by atoms with van der Waals surface area (Å²) >= 11 is 0. The van der Waals surface area contributed by atoms with Gasteiger partial charge in [0.25, 0.3) is 5.91 Å². The van der Waals surface area contributed by atoms with E-state index in [2.05, 4.69) is 30.9 Å². The summed E-state index contributed by atoms with van der Waals surface area (Å²) in [6.07, 6.45) is 5.29. The number of primary amides is 1. The molecule has 0 saturated heterocycles. The van der Waals surface area contributed by atoms with Crippen molar-refractivity contribution in [2.75, 3.05) is 17.7 Å². The number of nitrogens with one attached hydrogen (secondary N) is 2. The molecule has 1 amide bonds. The van der Waals surface area contributed by atoms with Gasteiger partial charge in [-0.1, -0.05) is 12.1 Å². The zero-order valence-electron chi connectivity index (χ0n) is 17.3. The van der Waals surface area contributed by atoms with Crippen LogP contribution in [-0.2, 0) is 0 Å². The molecule has 0 aliphatic heterocycles. The Morgan fingerprint density at radius 1 is 1.35 bits per heavy atom. The number of nitrogens with zero attached hydrogens (tertiary/aromatic N) is 5. The van der Waals surface area contributed by atoms with Gasteiger partial charge in [-0.15, -0.1) is 5.10 Å². The quantitative estimate of drug-likeness (QED) is 0.396. The Morgan fingerprint density at radius 2 is 2.13 bits per heavy atom. The maximum Gasteiger partial charge on any atom is 0.252 e. The number of halogens is 1. The van der Waals surface area contributed by atoms with Gasteiger partial charge in [0.2, 0.25) is 5.88 Å². The maximum atomic E-state index is 14.6. The second-order valence-electron chi connectivity index (χ2n) is 6.81. The van der Waals surface area contributed by atoms with Crippen molar-refractivity contribution >= 4 is 23.2 Å². The average molecular weight is 429 g/mol. The van der Waals surface area contributed by atoms with Crippen molar-refractivity contribution < 1.29 is 13.9 Å². The summed E-state index contributed by atoms with van der Waals surface area (Å²) < 4.78 is 21.3. The number of rotatable bonds is 9. The van der Waals surface area contributed by atoms with Crippen LogP contribution in [0.5, 0.6) is 5.88 Å². The third kappa shape index (κ3) is 4.86. The molecule has 0 aliphatic rings. The molecule has 2 atom stereocenters. The molecule has 6 N–H and O–H groups in total. The van der Waals surface area contributed by atoms with E-state index in [1.807, 2.05) is 13.8 Å². The van der Waals surface area contributed by atoms with Gasteiger partial charge in [0.05, 0.1) is 37.0 Å². The largest absolute Gasteiger partial charge is 0.479 e. The van der Waals surface area contributed by atoms with Crippen molar-refractivity contribution in [3.05, 3.63) is 42.1 Å². The zero-order chi connectivity index (χ0) is 22.5. The molecule has 31 heavy (non-hydrogen) atoms. The van der Waals surface area contributed by atoms with E-state index in [9.17, 15) is 9.18 Å². The number of pyridine rings is 2. The third-order valence-electron chi connectivity index (χ3n) is 4.68. The van der Waals surface area contributed by atoms with Gasteiger partial charge in [0.1, 0.15) is 11.5 Å². The minimum Gasteiger partial charge on any atom is -0.479 e. The summed E-state index contributed by atoms with van der Waals surface area (Å²) in [6, 6.07) is 2.24. The molecule has 0 spiro atoms. The number of nitrogens with two attached hydrogens (primary N) is 2. The molecule has 0 saturated carbocycles. The molecule has 164 valence electrons. The number of hydrogen-bond donors (Lipinski definition) is 4. The van der Waals surface area contributed by atoms with E-state index >= 15 is 0 Å². The summed E-state index contributed by atoms with van der Waals surface area (Å²) in [4.78, 5) is 20.3. The fourth-order valence-corrected chi connectivity index (χ4v) is 2.85. The monoisotopic (exact) mass is 429 g/mol. The van der Waals surface area contributed by atoms with E-state index in [0.717, 1.165) is 6.07 Å². The highest BCUT2D eigenvalue weighted by Gasteiger charge is 2.20. The van der Waals surface area contributed by atoms with Crippen LogP contribution < -0.4 is 26.8 Å². The van der Waals surface area contributed by atoms with Crippen LogP contribution in [0.25, 0.3) is 5.69 Å². The highest BCUT2D eigenvalue weighted by atomic mass is 19.1. The number of methoxy groups -OCH3 is 1.